The van der Waals surface area contributed by atoms with Gasteiger partial charge in [0, 0.05) is 0 Å². The molecule has 0 aromatic heterocycles. The van der Waals surface area contributed by atoms with Gasteiger partial charge in [-0.15, -0.1) is 0 Å². The quantitative estimate of drug-likeness (QED) is 0.583. The summed E-state index contributed by atoms with van der Waals surface area (Å²) in [4.78, 5) is 0. The minimum atomic E-state index is 0.468. The molecule has 0 aromatic carbocycles. The van der Waals surface area contributed by atoms with E-state index in [1.807, 2.05) is 0 Å². The van der Waals surface area contributed by atoms with Crippen molar-refractivity contribution in [1.29, 1.82) is 0 Å². The van der Waals surface area contributed by atoms with E-state index in [2.05, 4.69) is 48.5 Å². The van der Waals surface area contributed by atoms with Crippen LogP contribution >= 0.6 is 0 Å². The van der Waals surface area contributed by atoms with Crippen LogP contribution in [0.15, 0.2) is 0 Å². The van der Waals surface area contributed by atoms with E-state index in [4.69, 9.17) is 0 Å². The maximum atomic E-state index is 2.40. The molecule has 0 radical (unpaired) electrons. The van der Waals surface area contributed by atoms with Crippen LogP contribution < -0.4 is 0 Å². The predicted molar refractivity (Wildman–Crippen MR) is 57.3 cm³/mol. The Bertz CT molecular complexity index is 129. The molecule has 0 aliphatic carbocycles. The minimum absolute atomic E-state index is 0.468. The summed E-state index contributed by atoms with van der Waals surface area (Å²) in [5, 5.41) is 0. The van der Waals surface area contributed by atoms with Crippen LogP contribution in [-0.4, -0.2) is 0 Å². The van der Waals surface area contributed by atoms with E-state index in [-0.39, 0.29) is 0 Å². The van der Waals surface area contributed by atoms with Gasteiger partial charge >= 0.3 is 0 Å². The Morgan fingerprint density at radius 2 is 1.33 bits per heavy atom. The van der Waals surface area contributed by atoms with Gasteiger partial charge in [0.1, 0.15) is 0 Å². The van der Waals surface area contributed by atoms with Crippen LogP contribution in [0, 0.1) is 16.7 Å². The largest absolute Gasteiger partial charge is 0.0649 e. The van der Waals surface area contributed by atoms with Crippen molar-refractivity contribution in [3.05, 3.63) is 0 Å². The molecule has 0 heteroatoms. The van der Waals surface area contributed by atoms with Crippen molar-refractivity contribution in [2.24, 2.45) is 16.7 Å². The average Bonchev–Trinajstić information content (AvgIpc) is 1.84. The van der Waals surface area contributed by atoms with E-state index < -0.39 is 0 Å². The van der Waals surface area contributed by atoms with Crippen molar-refractivity contribution in [2.45, 2.75) is 61.3 Å². The van der Waals surface area contributed by atoms with Crippen molar-refractivity contribution < 1.29 is 0 Å². The molecular weight excluding hydrogens is 144 g/mol. The van der Waals surface area contributed by atoms with Crippen LogP contribution in [0.5, 0.6) is 0 Å². The zero-order chi connectivity index (χ0) is 9.99. The molecule has 0 N–H and O–H groups in total. The third-order valence-electron chi connectivity index (χ3n) is 3.63. The van der Waals surface area contributed by atoms with Crippen molar-refractivity contribution in [1.82, 2.24) is 0 Å². The Hall–Kier alpha value is 0. The zero-order valence-corrected chi connectivity index (χ0v) is 9.99. The fraction of sp³-hybridized carbons (Fsp3) is 1.00. The number of hydrogen-bond donors (Lipinski definition) is 0. The molecule has 0 spiro atoms. The summed E-state index contributed by atoms with van der Waals surface area (Å²) in [5.74, 6) is 0.811. The lowest BCUT2D eigenvalue weighted by molar-refractivity contribution is 0.0788. The van der Waals surface area contributed by atoms with Gasteiger partial charge < -0.3 is 0 Å². The molecule has 12 heavy (non-hydrogen) atoms. The number of hydrogen-bond acceptors (Lipinski definition) is 0. The lowest BCUT2D eigenvalue weighted by Gasteiger charge is -2.42. The van der Waals surface area contributed by atoms with Gasteiger partial charge in [0.15, 0.2) is 0 Å². The fourth-order valence-corrected chi connectivity index (χ4v) is 1.78. The Morgan fingerprint density at radius 3 is 1.58 bits per heavy atom. The van der Waals surface area contributed by atoms with Crippen LogP contribution in [0.1, 0.15) is 61.3 Å². The molecule has 0 fully saturated rings. The molecule has 74 valence electrons. The highest BCUT2D eigenvalue weighted by atomic mass is 14.4. The van der Waals surface area contributed by atoms with Crippen molar-refractivity contribution >= 4 is 0 Å². The van der Waals surface area contributed by atoms with E-state index in [9.17, 15) is 0 Å². The molecule has 0 aliphatic rings. The summed E-state index contributed by atoms with van der Waals surface area (Å²) < 4.78 is 0. The molecule has 0 bridgehead atoms. The standard InChI is InChI=1S/C12H26/c1-8-11(4,5)12(6,7)9-10(2)3/h10H,8-9H2,1-7H3. The average molecular weight is 170 g/mol. The zero-order valence-electron chi connectivity index (χ0n) is 9.99. The lowest BCUT2D eigenvalue weighted by Crippen LogP contribution is -2.33. The first-order chi connectivity index (χ1) is 5.23. The highest BCUT2D eigenvalue weighted by Gasteiger charge is 2.35. The van der Waals surface area contributed by atoms with Gasteiger partial charge in [-0.3, -0.25) is 0 Å². The maximum Gasteiger partial charge on any atom is -0.0301 e. The first-order valence-electron chi connectivity index (χ1n) is 5.23. The second-order valence-electron chi connectivity index (χ2n) is 5.72. The third kappa shape index (κ3) is 2.80. The van der Waals surface area contributed by atoms with E-state index >= 15 is 0 Å². The van der Waals surface area contributed by atoms with Gasteiger partial charge in [-0.25, -0.2) is 0 Å². The van der Waals surface area contributed by atoms with Gasteiger partial charge in [0.2, 0.25) is 0 Å². The third-order valence-corrected chi connectivity index (χ3v) is 3.63. The maximum absolute atomic E-state index is 2.40. The Balaban J connectivity index is 4.37. The molecule has 0 unspecified atom stereocenters. The first kappa shape index (κ1) is 12.0. The highest BCUT2D eigenvalue weighted by molar-refractivity contribution is 4.85. The summed E-state index contributed by atoms with van der Waals surface area (Å²) >= 11 is 0. The molecule has 0 aromatic rings. The Kier molecular flexibility index (Phi) is 3.81. The van der Waals surface area contributed by atoms with E-state index in [1.165, 1.54) is 12.8 Å². The summed E-state index contributed by atoms with van der Waals surface area (Å²) in [5.41, 5.74) is 0.938. The first-order valence-corrected chi connectivity index (χ1v) is 5.23. The summed E-state index contributed by atoms with van der Waals surface area (Å²) in [6.45, 7) is 16.5. The molecule has 0 aliphatic heterocycles. The molecular formula is C12H26. The predicted octanol–water partition coefficient (Wildman–Crippen LogP) is 4.49. The molecule has 0 rings (SSSR count). The van der Waals surface area contributed by atoms with Crippen LogP contribution in [0.4, 0.5) is 0 Å². The van der Waals surface area contributed by atoms with Gasteiger partial charge in [-0.2, -0.15) is 0 Å². The summed E-state index contributed by atoms with van der Waals surface area (Å²) in [7, 11) is 0. The molecule has 0 saturated heterocycles. The molecule has 0 atom stereocenters. The Morgan fingerprint density at radius 1 is 0.917 bits per heavy atom. The lowest BCUT2D eigenvalue weighted by atomic mass is 9.63. The molecule has 0 nitrogen and oxygen atoms in total. The second-order valence-corrected chi connectivity index (χ2v) is 5.72. The van der Waals surface area contributed by atoms with Gasteiger partial charge in [0.25, 0.3) is 0 Å². The van der Waals surface area contributed by atoms with Crippen molar-refractivity contribution in [3.8, 4) is 0 Å². The van der Waals surface area contributed by atoms with Gasteiger partial charge in [0.05, 0.1) is 0 Å². The van der Waals surface area contributed by atoms with Crippen molar-refractivity contribution in [2.75, 3.05) is 0 Å². The highest BCUT2D eigenvalue weighted by Crippen LogP contribution is 2.45. The molecule has 0 saturated carbocycles. The molecule has 0 amide bonds. The smallest absolute Gasteiger partial charge is 0.0301 e. The van der Waals surface area contributed by atoms with Gasteiger partial charge in [-0.1, -0.05) is 54.9 Å². The van der Waals surface area contributed by atoms with Crippen LogP contribution in [0.3, 0.4) is 0 Å². The summed E-state index contributed by atoms with van der Waals surface area (Å²) in [6, 6.07) is 0. The Labute approximate surface area is 78.8 Å². The van der Waals surface area contributed by atoms with E-state index in [0.717, 1.165) is 5.92 Å². The fourth-order valence-electron chi connectivity index (χ4n) is 1.78. The van der Waals surface area contributed by atoms with Gasteiger partial charge in [-0.05, 0) is 23.2 Å². The van der Waals surface area contributed by atoms with Crippen molar-refractivity contribution in [3.63, 3.8) is 0 Å². The topological polar surface area (TPSA) is 0 Å². The second kappa shape index (κ2) is 3.81. The monoisotopic (exact) mass is 170 g/mol. The van der Waals surface area contributed by atoms with E-state index in [0.29, 0.717) is 10.8 Å². The van der Waals surface area contributed by atoms with Crippen LogP contribution in [0.2, 0.25) is 0 Å². The normalized spacial score (nSPS) is 14.0. The summed E-state index contributed by atoms with van der Waals surface area (Å²) in [6.07, 6.45) is 2.60. The number of rotatable bonds is 4. The van der Waals surface area contributed by atoms with Crippen LogP contribution in [-0.2, 0) is 0 Å². The van der Waals surface area contributed by atoms with E-state index in [1.54, 1.807) is 0 Å². The van der Waals surface area contributed by atoms with Crippen LogP contribution in [0.25, 0.3) is 0 Å². The minimum Gasteiger partial charge on any atom is -0.0649 e. The molecule has 0 heterocycles. The SMILES string of the molecule is CCC(C)(C)C(C)(C)CC(C)C.